The quantitative estimate of drug-likeness (QED) is 0.246. The van der Waals surface area contributed by atoms with Crippen LogP contribution in [0.1, 0.15) is 60.0 Å². The van der Waals surface area contributed by atoms with E-state index in [1.165, 1.54) is 0 Å². The van der Waals surface area contributed by atoms with Crippen LogP contribution >= 0.6 is 0 Å². The fourth-order valence-electron chi connectivity index (χ4n) is 5.29. The third-order valence-corrected chi connectivity index (χ3v) is 7.51. The minimum atomic E-state index is -0.940. The summed E-state index contributed by atoms with van der Waals surface area (Å²) >= 11 is 0. The van der Waals surface area contributed by atoms with Gasteiger partial charge < -0.3 is 34.1 Å². The molecule has 0 aliphatic carbocycles. The lowest BCUT2D eigenvalue weighted by Gasteiger charge is -2.27. The lowest BCUT2D eigenvalue weighted by Crippen LogP contribution is -2.35. The number of hydrogen-bond donors (Lipinski definition) is 2. The number of carbonyl (C=O) groups excluding carboxylic acids is 1. The topological polar surface area (TPSA) is 132 Å². The van der Waals surface area contributed by atoms with Crippen molar-refractivity contribution in [1.82, 2.24) is 4.90 Å². The summed E-state index contributed by atoms with van der Waals surface area (Å²) in [6.07, 6.45) is 3.49. The van der Waals surface area contributed by atoms with Crippen LogP contribution in [-0.2, 0) is 22.6 Å². The van der Waals surface area contributed by atoms with Crippen molar-refractivity contribution in [3.8, 4) is 34.1 Å². The summed E-state index contributed by atoms with van der Waals surface area (Å²) < 4.78 is 23.2. The number of carboxylic acids is 2. The van der Waals surface area contributed by atoms with E-state index in [9.17, 15) is 19.5 Å². The minimum Gasteiger partial charge on any atom is -0.493 e. The molecule has 0 unspecified atom stereocenters. The van der Waals surface area contributed by atoms with Crippen molar-refractivity contribution >= 4 is 17.8 Å². The van der Waals surface area contributed by atoms with Gasteiger partial charge in [0.15, 0.2) is 11.5 Å². The first kappa shape index (κ1) is 29.8. The van der Waals surface area contributed by atoms with E-state index >= 15 is 0 Å². The van der Waals surface area contributed by atoms with Gasteiger partial charge in [0.25, 0.3) is 5.91 Å². The summed E-state index contributed by atoms with van der Waals surface area (Å²) in [6.45, 7) is 1.90. The molecule has 2 aliphatic heterocycles. The molecule has 2 aliphatic rings. The molecule has 0 atom stereocenters. The van der Waals surface area contributed by atoms with E-state index in [4.69, 9.17) is 24.1 Å². The summed E-state index contributed by atoms with van der Waals surface area (Å²) in [5.41, 5.74) is 3.60. The Kier molecular flexibility index (Phi) is 9.66. The number of ether oxygens (including phenoxy) is 4. The molecule has 3 aromatic rings. The van der Waals surface area contributed by atoms with Crippen LogP contribution in [0.5, 0.6) is 23.0 Å². The monoisotopic (exact) mass is 589 g/mol. The molecule has 10 nitrogen and oxygen atoms in total. The Labute approximate surface area is 249 Å². The number of hydrogen-bond acceptors (Lipinski definition) is 7. The number of rotatable bonds is 13. The maximum absolute atomic E-state index is 13.5. The first-order valence-corrected chi connectivity index (χ1v) is 14.5. The van der Waals surface area contributed by atoms with Crippen molar-refractivity contribution < 1.29 is 43.5 Å². The van der Waals surface area contributed by atoms with Crippen molar-refractivity contribution in [3.63, 3.8) is 0 Å². The number of likely N-dealkylation sites (tertiary alicyclic amines) is 1. The molecule has 2 N–H and O–H groups in total. The standard InChI is InChI=1S/C33H35NO9/c35-31(36)8-5-15-40-28-7-4-6-23(27(28)10-12-32(37)38)20-41-26-17-24(22-9-11-29-30(19-22)43-21-42-29)16-25(18-26)33(39)34-13-2-1-3-14-34/h4,6-7,9,11,16-19H,1-3,5,8,10,12-15,20-21H2,(H,35,36)(H,37,38). The van der Waals surface area contributed by atoms with Crippen LogP contribution in [0, 0.1) is 0 Å². The highest BCUT2D eigenvalue weighted by molar-refractivity contribution is 5.96. The molecule has 2 heterocycles. The van der Waals surface area contributed by atoms with E-state index in [-0.39, 0.29) is 45.2 Å². The minimum absolute atomic E-state index is 0.0224. The summed E-state index contributed by atoms with van der Waals surface area (Å²) in [4.78, 5) is 37.7. The Morgan fingerprint density at radius 2 is 1.60 bits per heavy atom. The molecule has 5 rings (SSSR count). The lowest BCUT2D eigenvalue weighted by molar-refractivity contribution is -0.138. The Bertz CT molecular complexity index is 1480. The van der Waals surface area contributed by atoms with Crippen LogP contribution in [0.2, 0.25) is 0 Å². The summed E-state index contributed by atoms with van der Waals surface area (Å²) in [5.74, 6) is 0.403. The molecule has 1 fully saturated rings. The Morgan fingerprint density at radius 1 is 0.814 bits per heavy atom. The van der Waals surface area contributed by atoms with Crippen LogP contribution in [0.25, 0.3) is 11.1 Å². The first-order valence-electron chi connectivity index (χ1n) is 14.5. The lowest BCUT2D eigenvalue weighted by atomic mass is 10.0. The Hall–Kier alpha value is -4.73. The van der Waals surface area contributed by atoms with Gasteiger partial charge >= 0.3 is 11.9 Å². The molecule has 43 heavy (non-hydrogen) atoms. The normalized spacial score (nSPS) is 13.9. The van der Waals surface area contributed by atoms with Crippen molar-refractivity contribution in [1.29, 1.82) is 0 Å². The number of carboxylic acid groups (broad SMARTS) is 2. The Morgan fingerprint density at radius 3 is 2.40 bits per heavy atom. The average Bonchev–Trinajstić information content (AvgIpc) is 3.49. The molecule has 0 bridgehead atoms. The summed E-state index contributed by atoms with van der Waals surface area (Å²) in [5, 5.41) is 18.3. The smallest absolute Gasteiger partial charge is 0.303 e. The summed E-state index contributed by atoms with van der Waals surface area (Å²) in [6, 6.07) is 16.5. The fraction of sp³-hybridized carbons (Fsp3) is 0.364. The number of aliphatic carboxylic acids is 2. The van der Waals surface area contributed by atoms with Crippen LogP contribution in [-0.4, -0.2) is 59.4 Å². The van der Waals surface area contributed by atoms with Gasteiger partial charge in [0.05, 0.1) is 6.61 Å². The maximum Gasteiger partial charge on any atom is 0.303 e. The van der Waals surface area contributed by atoms with Gasteiger partial charge in [-0.3, -0.25) is 14.4 Å². The van der Waals surface area contributed by atoms with Gasteiger partial charge in [0.1, 0.15) is 18.1 Å². The van der Waals surface area contributed by atoms with E-state index in [2.05, 4.69) is 0 Å². The molecule has 0 spiro atoms. The largest absolute Gasteiger partial charge is 0.493 e. The predicted octanol–water partition coefficient (Wildman–Crippen LogP) is 5.55. The number of amides is 1. The van der Waals surface area contributed by atoms with E-state index in [1.54, 1.807) is 18.2 Å². The number of benzene rings is 3. The van der Waals surface area contributed by atoms with Crippen molar-refractivity contribution in [2.45, 2.75) is 51.6 Å². The van der Waals surface area contributed by atoms with Gasteiger partial charge in [-0.25, -0.2) is 0 Å². The van der Waals surface area contributed by atoms with Gasteiger partial charge in [-0.2, -0.15) is 0 Å². The molecule has 0 aromatic heterocycles. The van der Waals surface area contributed by atoms with E-state index < -0.39 is 11.9 Å². The van der Waals surface area contributed by atoms with Crippen molar-refractivity contribution in [2.75, 3.05) is 26.5 Å². The molecular weight excluding hydrogens is 554 g/mol. The number of carbonyl (C=O) groups is 3. The molecule has 10 heteroatoms. The first-order chi connectivity index (χ1) is 20.9. The van der Waals surface area contributed by atoms with Crippen molar-refractivity contribution in [3.05, 3.63) is 71.3 Å². The SMILES string of the molecule is O=C(O)CCCOc1cccc(COc2cc(C(=O)N3CCCCC3)cc(-c3ccc4c(c3)OCO4)c2)c1CCC(=O)O. The van der Waals surface area contributed by atoms with Crippen LogP contribution in [0.3, 0.4) is 0 Å². The molecular formula is C33H35NO9. The highest BCUT2D eigenvalue weighted by Crippen LogP contribution is 2.37. The molecule has 1 saturated heterocycles. The molecule has 3 aromatic carbocycles. The number of piperidine rings is 1. The third kappa shape index (κ3) is 7.77. The van der Waals surface area contributed by atoms with E-state index in [0.29, 0.717) is 40.5 Å². The fourth-order valence-corrected chi connectivity index (χ4v) is 5.29. The van der Waals surface area contributed by atoms with E-state index in [1.807, 2.05) is 41.3 Å². The highest BCUT2D eigenvalue weighted by Gasteiger charge is 2.21. The highest BCUT2D eigenvalue weighted by atomic mass is 16.7. The summed E-state index contributed by atoms with van der Waals surface area (Å²) in [7, 11) is 0. The van der Waals surface area contributed by atoms with Crippen LogP contribution in [0.4, 0.5) is 0 Å². The van der Waals surface area contributed by atoms with Gasteiger partial charge in [-0.15, -0.1) is 0 Å². The average molecular weight is 590 g/mol. The second-order valence-electron chi connectivity index (χ2n) is 10.6. The zero-order chi connectivity index (χ0) is 30.2. The third-order valence-electron chi connectivity index (χ3n) is 7.51. The van der Waals surface area contributed by atoms with Crippen molar-refractivity contribution in [2.24, 2.45) is 0 Å². The molecule has 226 valence electrons. The van der Waals surface area contributed by atoms with Crippen LogP contribution in [0.15, 0.2) is 54.6 Å². The number of fused-ring (bicyclic) bond motifs is 1. The predicted molar refractivity (Wildman–Crippen MR) is 157 cm³/mol. The van der Waals surface area contributed by atoms with Gasteiger partial charge in [0.2, 0.25) is 6.79 Å². The molecule has 1 amide bonds. The maximum atomic E-state index is 13.5. The second-order valence-corrected chi connectivity index (χ2v) is 10.6. The molecule has 0 saturated carbocycles. The zero-order valence-corrected chi connectivity index (χ0v) is 23.9. The van der Waals surface area contributed by atoms with Crippen LogP contribution < -0.4 is 18.9 Å². The van der Waals surface area contributed by atoms with Gasteiger partial charge in [0, 0.05) is 37.1 Å². The van der Waals surface area contributed by atoms with Gasteiger partial charge in [-0.05, 0) is 85.2 Å². The Balaban J connectivity index is 1.42. The number of nitrogens with zero attached hydrogens (tertiary/aromatic N) is 1. The van der Waals surface area contributed by atoms with E-state index in [0.717, 1.165) is 49.0 Å². The second kappa shape index (κ2) is 14.0. The zero-order valence-electron chi connectivity index (χ0n) is 23.9. The van der Waals surface area contributed by atoms with Gasteiger partial charge in [-0.1, -0.05) is 18.2 Å². The molecule has 0 radical (unpaired) electrons.